The summed E-state index contributed by atoms with van der Waals surface area (Å²) in [5.41, 5.74) is 2.10. The molecule has 0 aromatic heterocycles. The van der Waals surface area contributed by atoms with Crippen LogP contribution in [0, 0.1) is 5.92 Å². The average molecular weight is 220 g/mol. The summed E-state index contributed by atoms with van der Waals surface area (Å²) in [5, 5.41) is 0. The van der Waals surface area contributed by atoms with Crippen molar-refractivity contribution in [2.45, 2.75) is 19.3 Å². The van der Waals surface area contributed by atoms with Gasteiger partial charge in [-0.05, 0) is 42.2 Å². The van der Waals surface area contributed by atoms with Gasteiger partial charge in [0.05, 0.1) is 0 Å². The lowest BCUT2D eigenvalue weighted by atomic mass is 9.92. The maximum absolute atomic E-state index is 10.9. The Morgan fingerprint density at radius 3 is 2.73 bits per heavy atom. The smallest absolute Gasteiger partial charge is 0.150 e. The second-order valence-corrected chi connectivity index (χ2v) is 5.30. The fourth-order valence-corrected chi connectivity index (χ4v) is 3.30. The molecule has 0 amide bonds. The highest BCUT2D eigenvalue weighted by atomic mass is 32.2. The van der Waals surface area contributed by atoms with Gasteiger partial charge >= 0.3 is 0 Å². The zero-order valence-electron chi connectivity index (χ0n) is 8.82. The molecule has 0 radical (unpaired) electrons. The minimum atomic E-state index is 0.785. The lowest BCUT2D eigenvalue weighted by molar-refractivity contribution is 0.112. The van der Waals surface area contributed by atoms with Gasteiger partial charge in [-0.25, -0.2) is 0 Å². The van der Waals surface area contributed by atoms with E-state index in [1.54, 1.807) is 0 Å². The first-order chi connectivity index (χ1) is 7.40. The highest BCUT2D eigenvalue weighted by Gasteiger charge is 2.15. The Morgan fingerprint density at radius 2 is 2.00 bits per heavy atom. The van der Waals surface area contributed by atoms with Gasteiger partial charge < -0.3 is 0 Å². The molecule has 2 heteroatoms. The first-order valence-electron chi connectivity index (χ1n) is 5.51. The van der Waals surface area contributed by atoms with E-state index < -0.39 is 0 Å². The molecule has 1 fully saturated rings. The van der Waals surface area contributed by atoms with E-state index in [0.717, 1.165) is 24.2 Å². The lowest BCUT2D eigenvalue weighted by Crippen LogP contribution is -2.13. The van der Waals surface area contributed by atoms with Crippen LogP contribution >= 0.6 is 11.8 Å². The van der Waals surface area contributed by atoms with Crippen LogP contribution in [-0.4, -0.2) is 17.8 Å². The average Bonchev–Trinajstić information content (AvgIpc) is 2.31. The van der Waals surface area contributed by atoms with E-state index in [-0.39, 0.29) is 0 Å². The molecule has 1 aliphatic rings. The Kier molecular flexibility index (Phi) is 3.84. The van der Waals surface area contributed by atoms with E-state index >= 15 is 0 Å². The van der Waals surface area contributed by atoms with Crippen molar-refractivity contribution in [2.24, 2.45) is 5.92 Å². The van der Waals surface area contributed by atoms with E-state index in [2.05, 4.69) is 6.07 Å². The molecule has 1 saturated heterocycles. The van der Waals surface area contributed by atoms with Crippen LogP contribution in [0.2, 0.25) is 0 Å². The SMILES string of the molecule is O=Cc1ccccc1CC1CCSCC1. The standard InChI is InChI=1S/C13H16OS/c14-10-13-4-2-1-3-12(13)9-11-5-7-15-8-6-11/h1-4,10-11H,5-9H2. The molecule has 0 aliphatic carbocycles. The fourth-order valence-electron chi connectivity index (χ4n) is 2.10. The molecular weight excluding hydrogens is 204 g/mol. The second-order valence-electron chi connectivity index (χ2n) is 4.08. The van der Waals surface area contributed by atoms with Gasteiger partial charge in [0.15, 0.2) is 0 Å². The van der Waals surface area contributed by atoms with Crippen LogP contribution in [0.15, 0.2) is 24.3 Å². The first kappa shape index (κ1) is 10.7. The summed E-state index contributed by atoms with van der Waals surface area (Å²) in [6.45, 7) is 0. The summed E-state index contributed by atoms with van der Waals surface area (Å²) in [6, 6.07) is 7.97. The summed E-state index contributed by atoms with van der Waals surface area (Å²) >= 11 is 2.05. The minimum absolute atomic E-state index is 0.785. The Hall–Kier alpha value is -0.760. The molecule has 0 bridgehead atoms. The largest absolute Gasteiger partial charge is 0.298 e. The monoisotopic (exact) mass is 220 g/mol. The minimum Gasteiger partial charge on any atom is -0.298 e. The van der Waals surface area contributed by atoms with E-state index in [9.17, 15) is 4.79 Å². The zero-order valence-corrected chi connectivity index (χ0v) is 9.63. The Bertz CT molecular complexity index is 329. The molecule has 2 rings (SSSR count). The van der Waals surface area contributed by atoms with Crippen molar-refractivity contribution in [1.29, 1.82) is 0 Å². The molecule has 1 aromatic rings. The molecule has 0 N–H and O–H groups in total. The van der Waals surface area contributed by atoms with Crippen molar-refractivity contribution >= 4 is 18.0 Å². The topological polar surface area (TPSA) is 17.1 Å². The zero-order chi connectivity index (χ0) is 10.5. The molecule has 1 aliphatic heterocycles. The third-order valence-corrected chi connectivity index (χ3v) is 4.08. The number of benzene rings is 1. The van der Waals surface area contributed by atoms with Crippen molar-refractivity contribution in [3.8, 4) is 0 Å². The molecule has 1 aromatic carbocycles. The number of hydrogen-bond donors (Lipinski definition) is 0. The van der Waals surface area contributed by atoms with Crippen molar-refractivity contribution in [3.05, 3.63) is 35.4 Å². The van der Waals surface area contributed by atoms with E-state index in [1.165, 1.54) is 29.9 Å². The third kappa shape index (κ3) is 2.85. The van der Waals surface area contributed by atoms with Crippen molar-refractivity contribution in [3.63, 3.8) is 0 Å². The summed E-state index contributed by atoms with van der Waals surface area (Å²) in [6.07, 6.45) is 4.66. The number of thioether (sulfide) groups is 1. The highest BCUT2D eigenvalue weighted by molar-refractivity contribution is 7.99. The highest BCUT2D eigenvalue weighted by Crippen LogP contribution is 2.26. The molecule has 0 saturated carbocycles. The van der Waals surface area contributed by atoms with Crippen LogP contribution in [0.5, 0.6) is 0 Å². The predicted molar refractivity (Wildman–Crippen MR) is 65.6 cm³/mol. The van der Waals surface area contributed by atoms with Gasteiger partial charge in [-0.1, -0.05) is 24.3 Å². The number of aldehydes is 1. The number of rotatable bonds is 3. The van der Waals surface area contributed by atoms with Crippen LogP contribution in [0.4, 0.5) is 0 Å². The normalized spacial score (nSPS) is 17.6. The number of carbonyl (C=O) groups is 1. The van der Waals surface area contributed by atoms with E-state index in [0.29, 0.717) is 0 Å². The summed E-state index contributed by atoms with van der Waals surface area (Å²) in [4.78, 5) is 10.9. The van der Waals surface area contributed by atoms with Crippen LogP contribution in [-0.2, 0) is 6.42 Å². The van der Waals surface area contributed by atoms with Gasteiger partial charge in [-0.3, -0.25) is 4.79 Å². The second kappa shape index (κ2) is 5.36. The Balaban J connectivity index is 2.05. The predicted octanol–water partition coefficient (Wildman–Crippen LogP) is 3.18. The molecule has 80 valence electrons. The van der Waals surface area contributed by atoms with E-state index in [4.69, 9.17) is 0 Å². The van der Waals surface area contributed by atoms with Gasteiger partial charge in [0.1, 0.15) is 6.29 Å². The third-order valence-electron chi connectivity index (χ3n) is 3.03. The first-order valence-corrected chi connectivity index (χ1v) is 6.66. The van der Waals surface area contributed by atoms with Gasteiger partial charge in [0, 0.05) is 5.56 Å². The van der Waals surface area contributed by atoms with Crippen molar-refractivity contribution < 1.29 is 4.79 Å². The Morgan fingerprint density at radius 1 is 1.27 bits per heavy atom. The van der Waals surface area contributed by atoms with Gasteiger partial charge in [-0.15, -0.1) is 0 Å². The van der Waals surface area contributed by atoms with Gasteiger partial charge in [0.25, 0.3) is 0 Å². The summed E-state index contributed by atoms with van der Waals surface area (Å²) < 4.78 is 0. The van der Waals surface area contributed by atoms with Gasteiger partial charge in [-0.2, -0.15) is 11.8 Å². The number of hydrogen-bond acceptors (Lipinski definition) is 2. The molecular formula is C13H16OS. The summed E-state index contributed by atoms with van der Waals surface area (Å²) in [5.74, 6) is 3.36. The van der Waals surface area contributed by atoms with Crippen molar-refractivity contribution in [1.82, 2.24) is 0 Å². The molecule has 0 spiro atoms. The maximum Gasteiger partial charge on any atom is 0.150 e. The van der Waals surface area contributed by atoms with E-state index in [1.807, 2.05) is 30.0 Å². The summed E-state index contributed by atoms with van der Waals surface area (Å²) in [7, 11) is 0. The van der Waals surface area contributed by atoms with Crippen LogP contribution in [0.3, 0.4) is 0 Å². The van der Waals surface area contributed by atoms with Crippen LogP contribution < -0.4 is 0 Å². The van der Waals surface area contributed by atoms with Crippen molar-refractivity contribution in [2.75, 3.05) is 11.5 Å². The molecule has 0 atom stereocenters. The molecule has 0 unspecified atom stereocenters. The number of carbonyl (C=O) groups excluding carboxylic acids is 1. The Labute approximate surface area is 95.3 Å². The van der Waals surface area contributed by atoms with Crippen LogP contribution in [0.25, 0.3) is 0 Å². The molecule has 1 nitrogen and oxygen atoms in total. The fraction of sp³-hybridized carbons (Fsp3) is 0.462. The lowest BCUT2D eigenvalue weighted by Gasteiger charge is -2.21. The van der Waals surface area contributed by atoms with Gasteiger partial charge in [0.2, 0.25) is 0 Å². The quantitative estimate of drug-likeness (QED) is 0.728. The van der Waals surface area contributed by atoms with Crippen LogP contribution in [0.1, 0.15) is 28.8 Å². The molecule has 1 heterocycles. The maximum atomic E-state index is 10.9. The molecule has 15 heavy (non-hydrogen) atoms.